The molecule has 0 bridgehead atoms. The molecule has 0 radical (unpaired) electrons. The largest absolute Gasteiger partial charge is 0.383 e. The van der Waals surface area contributed by atoms with E-state index >= 15 is 0 Å². The first-order chi connectivity index (χ1) is 12.2. The van der Waals surface area contributed by atoms with Crippen LogP contribution in [0.25, 0.3) is 11.1 Å². The van der Waals surface area contributed by atoms with Crippen LogP contribution in [0.1, 0.15) is 24.1 Å². The molecule has 0 amide bonds. The van der Waals surface area contributed by atoms with E-state index in [1.165, 1.54) is 6.07 Å². The molecule has 0 fully saturated rings. The van der Waals surface area contributed by atoms with Crippen molar-refractivity contribution in [1.29, 1.82) is 0 Å². The van der Waals surface area contributed by atoms with E-state index in [1.54, 1.807) is 18.5 Å². The van der Waals surface area contributed by atoms with Crippen LogP contribution in [-0.2, 0) is 0 Å². The maximum atomic E-state index is 14.5. The topological polar surface area (TPSA) is 37.0 Å². The lowest BCUT2D eigenvalue weighted by Crippen LogP contribution is -2.33. The van der Waals surface area contributed by atoms with Crippen molar-refractivity contribution in [2.45, 2.75) is 19.0 Å². The van der Waals surface area contributed by atoms with Gasteiger partial charge >= 0.3 is 0 Å². The van der Waals surface area contributed by atoms with Gasteiger partial charge in [-0.3, -0.25) is 4.98 Å². The van der Waals surface area contributed by atoms with E-state index in [2.05, 4.69) is 40.7 Å². The van der Waals surface area contributed by atoms with Crippen LogP contribution in [0.3, 0.4) is 0 Å². The van der Waals surface area contributed by atoms with Crippen molar-refractivity contribution >= 4 is 5.69 Å². The highest BCUT2D eigenvalue weighted by molar-refractivity contribution is 5.69. The predicted octanol–water partition coefficient (Wildman–Crippen LogP) is 4.38. The molecule has 4 rings (SSSR count). The van der Waals surface area contributed by atoms with Crippen LogP contribution in [0.4, 0.5) is 10.1 Å². The minimum absolute atomic E-state index is 0.186. The lowest BCUT2D eigenvalue weighted by atomic mass is 9.93. The first kappa shape index (κ1) is 15.8. The van der Waals surface area contributed by atoms with Gasteiger partial charge in [-0.15, -0.1) is 0 Å². The number of aromatic nitrogens is 1. The number of halogens is 1. The van der Waals surface area contributed by atoms with E-state index in [0.29, 0.717) is 5.56 Å². The Bertz CT molecular complexity index is 879. The van der Waals surface area contributed by atoms with Crippen molar-refractivity contribution in [2.75, 3.05) is 11.9 Å². The summed E-state index contributed by atoms with van der Waals surface area (Å²) in [5.41, 5.74) is 4.97. The lowest BCUT2D eigenvalue weighted by Gasteiger charge is -2.22. The normalized spacial score (nSPS) is 19.6. The van der Waals surface area contributed by atoms with E-state index in [9.17, 15) is 4.39 Å². The summed E-state index contributed by atoms with van der Waals surface area (Å²) in [6.07, 6.45) is 3.57. The van der Waals surface area contributed by atoms with Gasteiger partial charge in [0.25, 0.3) is 0 Å². The molecule has 1 aliphatic rings. The molecule has 3 aromatic rings. The standard InChI is InChI=1S/C21H20FN3/c1-14-13-24-20-7-6-16(15-8-10-23-11-9-15)12-18(20)21(25-14)17-4-2-3-5-19(17)22/h2-12,14,21,24-25H,13H2,1H3/t14-,21?/m0/s1. The number of nitrogens with zero attached hydrogens (tertiary/aromatic N) is 1. The predicted molar refractivity (Wildman–Crippen MR) is 99.0 cm³/mol. The average molecular weight is 333 g/mol. The van der Waals surface area contributed by atoms with Crippen LogP contribution in [0.2, 0.25) is 0 Å². The van der Waals surface area contributed by atoms with Gasteiger partial charge in [-0.1, -0.05) is 24.3 Å². The van der Waals surface area contributed by atoms with Crippen LogP contribution in [0, 0.1) is 5.82 Å². The summed E-state index contributed by atoms with van der Waals surface area (Å²) in [6.45, 7) is 2.91. The molecule has 1 unspecified atom stereocenters. The van der Waals surface area contributed by atoms with Gasteiger partial charge < -0.3 is 10.6 Å². The zero-order valence-corrected chi connectivity index (χ0v) is 14.0. The van der Waals surface area contributed by atoms with Gasteiger partial charge in [0.15, 0.2) is 0 Å². The Morgan fingerprint density at radius 1 is 0.960 bits per heavy atom. The van der Waals surface area contributed by atoms with Gasteiger partial charge in [-0.25, -0.2) is 4.39 Å². The number of pyridine rings is 1. The molecule has 2 N–H and O–H groups in total. The van der Waals surface area contributed by atoms with E-state index in [-0.39, 0.29) is 17.9 Å². The summed E-state index contributed by atoms with van der Waals surface area (Å²) in [4.78, 5) is 4.08. The Morgan fingerprint density at radius 2 is 1.76 bits per heavy atom. The molecule has 3 nitrogen and oxygen atoms in total. The highest BCUT2D eigenvalue weighted by Gasteiger charge is 2.25. The second-order valence-electron chi connectivity index (χ2n) is 6.44. The third-order valence-corrected chi connectivity index (χ3v) is 4.64. The highest BCUT2D eigenvalue weighted by atomic mass is 19.1. The van der Waals surface area contributed by atoms with Crippen molar-refractivity contribution in [3.8, 4) is 11.1 Å². The van der Waals surface area contributed by atoms with Crippen LogP contribution < -0.4 is 10.6 Å². The van der Waals surface area contributed by atoms with Gasteiger partial charge in [0.05, 0.1) is 6.04 Å². The molecule has 2 aromatic carbocycles. The van der Waals surface area contributed by atoms with Crippen LogP contribution in [-0.4, -0.2) is 17.6 Å². The molecule has 25 heavy (non-hydrogen) atoms. The Labute approximate surface area is 146 Å². The Hall–Kier alpha value is -2.72. The molecule has 0 saturated heterocycles. The van der Waals surface area contributed by atoms with Gasteiger partial charge in [-0.05, 0) is 53.9 Å². The van der Waals surface area contributed by atoms with Crippen LogP contribution >= 0.6 is 0 Å². The molecule has 1 aliphatic heterocycles. The summed E-state index contributed by atoms with van der Waals surface area (Å²) in [6, 6.07) is 17.3. The van der Waals surface area contributed by atoms with E-state index in [1.807, 2.05) is 24.3 Å². The average Bonchev–Trinajstić information content (AvgIpc) is 2.81. The molecular weight excluding hydrogens is 313 g/mol. The number of hydrogen-bond acceptors (Lipinski definition) is 3. The molecule has 2 heterocycles. The number of hydrogen-bond donors (Lipinski definition) is 2. The number of fused-ring (bicyclic) bond motifs is 1. The molecule has 0 spiro atoms. The lowest BCUT2D eigenvalue weighted by molar-refractivity contribution is 0.502. The van der Waals surface area contributed by atoms with E-state index in [4.69, 9.17) is 0 Å². The molecular formula is C21H20FN3. The van der Waals surface area contributed by atoms with Crippen LogP contribution in [0.15, 0.2) is 67.0 Å². The quantitative estimate of drug-likeness (QED) is 0.731. The summed E-state index contributed by atoms with van der Waals surface area (Å²) in [5, 5.41) is 7.03. The number of anilines is 1. The van der Waals surface area contributed by atoms with Gasteiger partial charge in [0.1, 0.15) is 5.82 Å². The Balaban J connectivity index is 1.85. The van der Waals surface area contributed by atoms with E-state index < -0.39 is 0 Å². The third-order valence-electron chi connectivity index (χ3n) is 4.64. The minimum Gasteiger partial charge on any atom is -0.383 e. The highest BCUT2D eigenvalue weighted by Crippen LogP contribution is 2.35. The molecule has 2 atom stereocenters. The van der Waals surface area contributed by atoms with Crippen molar-refractivity contribution < 1.29 is 4.39 Å². The second kappa shape index (κ2) is 6.65. The zero-order chi connectivity index (χ0) is 17.2. The monoisotopic (exact) mass is 333 g/mol. The zero-order valence-electron chi connectivity index (χ0n) is 14.0. The second-order valence-corrected chi connectivity index (χ2v) is 6.44. The molecule has 126 valence electrons. The molecule has 0 saturated carbocycles. The summed E-state index contributed by atoms with van der Waals surface area (Å²) in [5.74, 6) is -0.186. The fourth-order valence-electron chi connectivity index (χ4n) is 3.35. The molecule has 4 heteroatoms. The number of rotatable bonds is 2. The van der Waals surface area contributed by atoms with Gasteiger partial charge in [-0.2, -0.15) is 0 Å². The maximum Gasteiger partial charge on any atom is 0.128 e. The minimum atomic E-state index is -0.192. The maximum absolute atomic E-state index is 14.5. The van der Waals surface area contributed by atoms with E-state index in [0.717, 1.165) is 28.9 Å². The first-order valence-electron chi connectivity index (χ1n) is 8.51. The number of benzene rings is 2. The summed E-state index contributed by atoms with van der Waals surface area (Å²) >= 11 is 0. The van der Waals surface area contributed by atoms with Crippen molar-refractivity contribution in [1.82, 2.24) is 10.3 Å². The molecule has 0 aliphatic carbocycles. The van der Waals surface area contributed by atoms with Gasteiger partial charge in [0, 0.05) is 36.2 Å². The summed E-state index contributed by atoms with van der Waals surface area (Å²) < 4.78 is 14.5. The van der Waals surface area contributed by atoms with Crippen molar-refractivity contribution in [3.05, 3.63) is 83.9 Å². The summed E-state index contributed by atoms with van der Waals surface area (Å²) in [7, 11) is 0. The molecule has 1 aromatic heterocycles. The SMILES string of the molecule is C[C@H]1CNc2ccc(-c3ccncc3)cc2C(c2ccccc2F)N1. The van der Waals surface area contributed by atoms with Gasteiger partial charge in [0.2, 0.25) is 0 Å². The third kappa shape index (κ3) is 3.13. The Kier molecular flexibility index (Phi) is 4.20. The smallest absolute Gasteiger partial charge is 0.128 e. The fraction of sp³-hybridized carbons (Fsp3) is 0.190. The Morgan fingerprint density at radius 3 is 2.56 bits per heavy atom. The van der Waals surface area contributed by atoms with Crippen molar-refractivity contribution in [3.63, 3.8) is 0 Å². The first-order valence-corrected chi connectivity index (χ1v) is 8.51. The number of nitrogens with one attached hydrogen (secondary N) is 2. The van der Waals surface area contributed by atoms with Crippen LogP contribution in [0.5, 0.6) is 0 Å². The van der Waals surface area contributed by atoms with Crippen molar-refractivity contribution in [2.24, 2.45) is 0 Å². The fourth-order valence-corrected chi connectivity index (χ4v) is 3.35.